The van der Waals surface area contributed by atoms with Crippen molar-refractivity contribution in [3.63, 3.8) is 0 Å². The molecule has 0 bridgehead atoms. The van der Waals surface area contributed by atoms with E-state index in [1.54, 1.807) is 10.7 Å². The first-order valence-corrected chi connectivity index (χ1v) is 7.27. The zero-order valence-electron chi connectivity index (χ0n) is 11.5. The van der Waals surface area contributed by atoms with Crippen LogP contribution in [0.5, 0.6) is 0 Å². The molecule has 1 heterocycles. The van der Waals surface area contributed by atoms with E-state index < -0.39 is 0 Å². The van der Waals surface area contributed by atoms with Crippen LogP contribution in [0.2, 0.25) is 0 Å². The molecular formula is C14H18BrFN4. The van der Waals surface area contributed by atoms with Crippen LogP contribution in [0, 0.1) is 5.82 Å². The molecule has 1 atom stereocenters. The van der Waals surface area contributed by atoms with Crippen molar-refractivity contribution >= 4 is 15.9 Å². The molecule has 1 aromatic heterocycles. The van der Waals surface area contributed by atoms with Crippen molar-refractivity contribution in [3.05, 3.63) is 51.5 Å². The number of benzene rings is 1. The molecule has 6 heteroatoms. The van der Waals surface area contributed by atoms with Gasteiger partial charge < -0.3 is 0 Å². The molecule has 108 valence electrons. The first kappa shape index (κ1) is 15.2. The summed E-state index contributed by atoms with van der Waals surface area (Å²) < 4.78 is 16.4. The standard InChI is InChI=1S/C14H18BrFN4/c1-3-11-8-14(20(2)19-11)13(18-17)6-9-4-5-10(15)7-12(9)16/h4-5,7-8,13,18H,3,6,17H2,1-2H3. The number of hydrogen-bond acceptors (Lipinski definition) is 3. The van der Waals surface area contributed by atoms with E-state index >= 15 is 0 Å². The zero-order valence-corrected chi connectivity index (χ0v) is 13.1. The van der Waals surface area contributed by atoms with Crippen molar-refractivity contribution in [2.75, 3.05) is 0 Å². The fourth-order valence-corrected chi connectivity index (χ4v) is 2.53. The number of rotatable bonds is 5. The Morgan fingerprint density at radius 2 is 2.20 bits per heavy atom. The number of aromatic nitrogens is 2. The molecule has 0 radical (unpaired) electrons. The molecule has 0 aliphatic carbocycles. The molecule has 0 spiro atoms. The summed E-state index contributed by atoms with van der Waals surface area (Å²) in [7, 11) is 1.87. The Labute approximate surface area is 126 Å². The molecule has 2 aromatic rings. The third-order valence-electron chi connectivity index (χ3n) is 3.33. The minimum absolute atomic E-state index is 0.177. The van der Waals surface area contributed by atoms with Crippen LogP contribution in [0.25, 0.3) is 0 Å². The van der Waals surface area contributed by atoms with Gasteiger partial charge in [0, 0.05) is 11.5 Å². The van der Waals surface area contributed by atoms with E-state index in [0.29, 0.717) is 12.0 Å². The molecule has 0 saturated carbocycles. The van der Waals surface area contributed by atoms with E-state index in [-0.39, 0.29) is 11.9 Å². The SMILES string of the molecule is CCc1cc(C(Cc2ccc(Br)cc2F)NN)n(C)n1. The van der Waals surface area contributed by atoms with Gasteiger partial charge in [0.25, 0.3) is 0 Å². The van der Waals surface area contributed by atoms with Crippen molar-refractivity contribution in [2.24, 2.45) is 12.9 Å². The summed E-state index contributed by atoms with van der Waals surface area (Å²) in [6.07, 6.45) is 1.33. The van der Waals surface area contributed by atoms with Gasteiger partial charge in [-0.1, -0.05) is 28.9 Å². The molecule has 20 heavy (non-hydrogen) atoms. The maximum atomic E-state index is 13.9. The van der Waals surface area contributed by atoms with Crippen molar-refractivity contribution in [1.82, 2.24) is 15.2 Å². The second-order valence-electron chi connectivity index (χ2n) is 4.70. The molecule has 4 nitrogen and oxygen atoms in total. The number of hydrogen-bond donors (Lipinski definition) is 2. The molecule has 1 aromatic carbocycles. The Hall–Kier alpha value is -1.24. The Kier molecular flexibility index (Phi) is 4.91. The number of nitrogens with two attached hydrogens (primary N) is 1. The number of nitrogens with one attached hydrogen (secondary N) is 1. The predicted octanol–water partition coefficient (Wildman–Crippen LogP) is 2.63. The van der Waals surface area contributed by atoms with E-state index in [1.807, 2.05) is 26.1 Å². The van der Waals surface area contributed by atoms with E-state index in [0.717, 1.165) is 22.3 Å². The van der Waals surface area contributed by atoms with Gasteiger partial charge >= 0.3 is 0 Å². The average molecular weight is 341 g/mol. The Bertz CT molecular complexity index is 597. The summed E-state index contributed by atoms with van der Waals surface area (Å²) in [5, 5.41) is 4.40. The predicted molar refractivity (Wildman–Crippen MR) is 80.5 cm³/mol. The van der Waals surface area contributed by atoms with Gasteiger partial charge in [-0.15, -0.1) is 0 Å². The van der Waals surface area contributed by atoms with E-state index in [9.17, 15) is 4.39 Å². The van der Waals surface area contributed by atoms with Crippen molar-refractivity contribution in [3.8, 4) is 0 Å². The molecule has 3 N–H and O–H groups in total. The van der Waals surface area contributed by atoms with Gasteiger partial charge in [-0.25, -0.2) is 4.39 Å². The smallest absolute Gasteiger partial charge is 0.127 e. The lowest BCUT2D eigenvalue weighted by Gasteiger charge is -2.16. The normalized spacial score (nSPS) is 12.7. The van der Waals surface area contributed by atoms with Crippen molar-refractivity contribution in [1.29, 1.82) is 0 Å². The quantitative estimate of drug-likeness (QED) is 0.649. The first-order valence-electron chi connectivity index (χ1n) is 6.48. The lowest BCUT2D eigenvalue weighted by atomic mass is 10.0. The third-order valence-corrected chi connectivity index (χ3v) is 3.82. The lowest BCUT2D eigenvalue weighted by Crippen LogP contribution is -2.31. The lowest BCUT2D eigenvalue weighted by molar-refractivity contribution is 0.495. The number of halogens is 2. The minimum atomic E-state index is -0.238. The number of aryl methyl sites for hydroxylation is 2. The molecule has 0 amide bonds. The summed E-state index contributed by atoms with van der Waals surface area (Å²) in [4.78, 5) is 0. The second-order valence-corrected chi connectivity index (χ2v) is 5.61. The topological polar surface area (TPSA) is 55.9 Å². The van der Waals surface area contributed by atoms with Gasteiger partial charge in [0.15, 0.2) is 0 Å². The van der Waals surface area contributed by atoms with Crippen LogP contribution in [-0.4, -0.2) is 9.78 Å². The second kappa shape index (κ2) is 6.47. The first-order chi connectivity index (χ1) is 9.55. The Balaban J connectivity index is 2.26. The van der Waals surface area contributed by atoms with E-state index in [2.05, 4.69) is 26.5 Å². The van der Waals surface area contributed by atoms with Crippen LogP contribution in [0.15, 0.2) is 28.7 Å². The summed E-state index contributed by atoms with van der Waals surface area (Å²) >= 11 is 3.25. The van der Waals surface area contributed by atoms with Crippen LogP contribution in [0.3, 0.4) is 0 Å². The molecule has 0 aliphatic rings. The molecule has 0 fully saturated rings. The van der Waals surface area contributed by atoms with E-state index in [4.69, 9.17) is 5.84 Å². The number of nitrogens with zero attached hydrogens (tertiary/aromatic N) is 2. The molecule has 2 rings (SSSR count). The van der Waals surface area contributed by atoms with Crippen LogP contribution < -0.4 is 11.3 Å². The largest absolute Gasteiger partial charge is 0.271 e. The van der Waals surface area contributed by atoms with Crippen molar-refractivity contribution < 1.29 is 4.39 Å². The van der Waals surface area contributed by atoms with Crippen LogP contribution in [0.4, 0.5) is 4.39 Å². The average Bonchev–Trinajstić information content (AvgIpc) is 2.79. The monoisotopic (exact) mass is 340 g/mol. The highest BCUT2D eigenvalue weighted by molar-refractivity contribution is 9.10. The molecule has 0 saturated heterocycles. The van der Waals surface area contributed by atoms with Gasteiger partial charge in [-0.2, -0.15) is 5.10 Å². The Morgan fingerprint density at radius 1 is 1.45 bits per heavy atom. The van der Waals surface area contributed by atoms with Gasteiger partial charge in [-0.3, -0.25) is 16.0 Å². The molecule has 0 aliphatic heterocycles. The summed E-state index contributed by atoms with van der Waals surface area (Å²) in [6, 6.07) is 6.88. The summed E-state index contributed by atoms with van der Waals surface area (Å²) in [5.74, 6) is 5.39. The molecular weight excluding hydrogens is 323 g/mol. The molecule has 1 unspecified atom stereocenters. The highest BCUT2D eigenvalue weighted by Gasteiger charge is 2.17. The Morgan fingerprint density at radius 3 is 2.75 bits per heavy atom. The fourth-order valence-electron chi connectivity index (χ4n) is 2.20. The maximum Gasteiger partial charge on any atom is 0.127 e. The fraction of sp³-hybridized carbons (Fsp3) is 0.357. The summed E-state index contributed by atoms with van der Waals surface area (Å²) in [5.41, 5.74) is 5.32. The van der Waals surface area contributed by atoms with Crippen LogP contribution in [0.1, 0.15) is 29.9 Å². The van der Waals surface area contributed by atoms with Gasteiger partial charge in [0.1, 0.15) is 5.82 Å². The van der Waals surface area contributed by atoms with Gasteiger partial charge in [0.05, 0.1) is 17.4 Å². The number of hydrazine groups is 1. The van der Waals surface area contributed by atoms with E-state index in [1.165, 1.54) is 6.07 Å². The van der Waals surface area contributed by atoms with Gasteiger partial charge in [-0.05, 0) is 36.6 Å². The maximum absolute atomic E-state index is 13.9. The van der Waals surface area contributed by atoms with Gasteiger partial charge in [0.2, 0.25) is 0 Å². The highest BCUT2D eigenvalue weighted by Crippen LogP contribution is 2.22. The third kappa shape index (κ3) is 3.26. The zero-order chi connectivity index (χ0) is 14.7. The summed E-state index contributed by atoms with van der Waals surface area (Å²) in [6.45, 7) is 2.05. The highest BCUT2D eigenvalue weighted by atomic mass is 79.9. The minimum Gasteiger partial charge on any atom is -0.271 e. The van der Waals surface area contributed by atoms with Crippen LogP contribution >= 0.6 is 15.9 Å². The van der Waals surface area contributed by atoms with Crippen LogP contribution in [-0.2, 0) is 19.9 Å². The van der Waals surface area contributed by atoms with Crippen molar-refractivity contribution in [2.45, 2.75) is 25.8 Å².